The zero-order chi connectivity index (χ0) is 13.8. The molecule has 2 unspecified atom stereocenters. The van der Waals surface area contributed by atoms with Crippen molar-refractivity contribution in [3.05, 3.63) is 35.4 Å². The van der Waals surface area contributed by atoms with E-state index in [0.29, 0.717) is 6.04 Å². The highest BCUT2D eigenvalue weighted by molar-refractivity contribution is 5.25. The van der Waals surface area contributed by atoms with Gasteiger partial charge in [0.05, 0.1) is 0 Å². The Morgan fingerprint density at radius 1 is 1.26 bits per heavy atom. The lowest BCUT2D eigenvalue weighted by atomic mass is 10.0. The van der Waals surface area contributed by atoms with Crippen LogP contribution < -0.4 is 5.73 Å². The highest BCUT2D eigenvalue weighted by atomic mass is 15.1. The number of benzene rings is 1. The fourth-order valence-corrected chi connectivity index (χ4v) is 2.74. The molecule has 1 fully saturated rings. The summed E-state index contributed by atoms with van der Waals surface area (Å²) in [5.74, 6) is 0.907. The molecule has 0 spiro atoms. The highest BCUT2D eigenvalue weighted by Crippen LogP contribution is 2.35. The number of nitrogens with two attached hydrogens (primary N) is 1. The average molecular weight is 260 g/mol. The van der Waals surface area contributed by atoms with Gasteiger partial charge in [0.15, 0.2) is 0 Å². The molecule has 2 nitrogen and oxygen atoms in total. The van der Waals surface area contributed by atoms with Crippen LogP contribution in [0.15, 0.2) is 24.3 Å². The van der Waals surface area contributed by atoms with Gasteiger partial charge in [0.1, 0.15) is 0 Å². The molecule has 1 saturated carbocycles. The van der Waals surface area contributed by atoms with Crippen molar-refractivity contribution < 1.29 is 0 Å². The van der Waals surface area contributed by atoms with E-state index in [2.05, 4.69) is 50.1 Å². The Kier molecular flexibility index (Phi) is 5.00. The summed E-state index contributed by atoms with van der Waals surface area (Å²) in [5.41, 5.74) is 9.01. The molecule has 2 atom stereocenters. The molecule has 0 aliphatic heterocycles. The zero-order valence-electron chi connectivity index (χ0n) is 12.6. The van der Waals surface area contributed by atoms with Crippen LogP contribution in [0.3, 0.4) is 0 Å². The molecule has 1 aromatic carbocycles. The van der Waals surface area contributed by atoms with Gasteiger partial charge in [-0.3, -0.25) is 0 Å². The summed E-state index contributed by atoms with van der Waals surface area (Å²) in [6.45, 7) is 5.49. The summed E-state index contributed by atoms with van der Waals surface area (Å²) in [4.78, 5) is 2.42. The van der Waals surface area contributed by atoms with Crippen molar-refractivity contribution in [3.8, 4) is 0 Å². The van der Waals surface area contributed by atoms with Crippen LogP contribution in [0.2, 0.25) is 0 Å². The van der Waals surface area contributed by atoms with E-state index >= 15 is 0 Å². The number of likely N-dealkylation sites (N-methyl/N-ethyl adjacent to an activating group) is 1. The molecule has 1 aliphatic rings. The van der Waals surface area contributed by atoms with Gasteiger partial charge in [-0.1, -0.05) is 37.6 Å². The molecule has 2 N–H and O–H groups in total. The minimum Gasteiger partial charge on any atom is -0.323 e. The zero-order valence-corrected chi connectivity index (χ0v) is 12.6. The second kappa shape index (κ2) is 6.53. The molecule has 0 amide bonds. The van der Waals surface area contributed by atoms with Crippen LogP contribution in [-0.4, -0.2) is 24.5 Å². The van der Waals surface area contributed by atoms with Crippen LogP contribution in [0.5, 0.6) is 0 Å². The summed E-state index contributed by atoms with van der Waals surface area (Å²) in [5, 5.41) is 0. The molecule has 2 rings (SSSR count). The van der Waals surface area contributed by atoms with Gasteiger partial charge in [-0.2, -0.15) is 0 Å². The molecule has 0 aromatic heterocycles. The third-order valence-corrected chi connectivity index (χ3v) is 4.43. The number of nitrogens with zero attached hydrogens (tertiary/aromatic N) is 1. The lowest BCUT2D eigenvalue weighted by Crippen LogP contribution is -2.36. The van der Waals surface area contributed by atoms with Crippen molar-refractivity contribution in [1.29, 1.82) is 0 Å². The number of rotatable bonds is 7. The molecule has 0 radical (unpaired) electrons. The number of hydrogen-bond donors (Lipinski definition) is 1. The van der Waals surface area contributed by atoms with E-state index < -0.39 is 0 Å². The van der Waals surface area contributed by atoms with Crippen LogP contribution >= 0.6 is 0 Å². The van der Waals surface area contributed by atoms with Crippen LogP contribution in [-0.2, 0) is 6.42 Å². The lowest BCUT2D eigenvalue weighted by molar-refractivity contribution is 0.221. The van der Waals surface area contributed by atoms with Gasteiger partial charge in [-0.25, -0.2) is 0 Å². The van der Waals surface area contributed by atoms with Gasteiger partial charge in [0.25, 0.3) is 0 Å². The molecular formula is C17H28N2. The monoisotopic (exact) mass is 260 g/mol. The molecular weight excluding hydrogens is 232 g/mol. The largest absolute Gasteiger partial charge is 0.323 e. The van der Waals surface area contributed by atoms with Crippen LogP contribution in [0.4, 0.5) is 0 Å². The topological polar surface area (TPSA) is 29.3 Å². The third kappa shape index (κ3) is 4.05. The maximum atomic E-state index is 6.34. The summed E-state index contributed by atoms with van der Waals surface area (Å²) < 4.78 is 0. The quantitative estimate of drug-likeness (QED) is 0.814. The van der Waals surface area contributed by atoms with Gasteiger partial charge < -0.3 is 10.6 Å². The Morgan fingerprint density at radius 3 is 2.42 bits per heavy atom. The minimum absolute atomic E-state index is 0.127. The summed E-state index contributed by atoms with van der Waals surface area (Å²) in [6, 6.07) is 9.65. The van der Waals surface area contributed by atoms with E-state index in [4.69, 9.17) is 5.73 Å². The Morgan fingerprint density at radius 2 is 1.89 bits per heavy atom. The Balaban J connectivity index is 1.89. The first-order valence-corrected chi connectivity index (χ1v) is 7.66. The third-order valence-electron chi connectivity index (χ3n) is 4.43. The standard InChI is InChI=1S/C17H28N2/c1-4-5-14-6-8-16(9-7-14)17(18)12-19(3)13(2)15-10-11-15/h6-9,13,15,17H,4-5,10-12,18H2,1-3H3. The van der Waals surface area contributed by atoms with E-state index in [9.17, 15) is 0 Å². The average Bonchev–Trinajstić information content (AvgIpc) is 3.23. The van der Waals surface area contributed by atoms with E-state index in [-0.39, 0.29) is 6.04 Å². The Hall–Kier alpha value is -0.860. The normalized spacial score (nSPS) is 18.6. The molecule has 2 heteroatoms. The molecule has 0 heterocycles. The molecule has 1 aliphatic carbocycles. The second-order valence-corrected chi connectivity index (χ2v) is 6.12. The first-order chi connectivity index (χ1) is 9.11. The van der Waals surface area contributed by atoms with E-state index in [0.717, 1.165) is 18.9 Å². The van der Waals surface area contributed by atoms with Gasteiger partial charge in [0.2, 0.25) is 0 Å². The van der Waals surface area contributed by atoms with Crippen molar-refractivity contribution in [1.82, 2.24) is 4.90 Å². The minimum atomic E-state index is 0.127. The Labute approximate surface area is 118 Å². The molecule has 0 bridgehead atoms. The predicted molar refractivity (Wildman–Crippen MR) is 82.2 cm³/mol. The van der Waals surface area contributed by atoms with E-state index in [1.165, 1.54) is 30.4 Å². The van der Waals surface area contributed by atoms with Gasteiger partial charge in [0, 0.05) is 18.6 Å². The fourth-order valence-electron chi connectivity index (χ4n) is 2.74. The van der Waals surface area contributed by atoms with Crippen LogP contribution in [0, 0.1) is 5.92 Å². The van der Waals surface area contributed by atoms with E-state index in [1.807, 2.05) is 0 Å². The van der Waals surface area contributed by atoms with Crippen molar-refractivity contribution in [2.75, 3.05) is 13.6 Å². The van der Waals surface area contributed by atoms with Gasteiger partial charge >= 0.3 is 0 Å². The number of hydrogen-bond acceptors (Lipinski definition) is 2. The van der Waals surface area contributed by atoms with E-state index in [1.54, 1.807) is 0 Å². The first kappa shape index (κ1) is 14.5. The van der Waals surface area contributed by atoms with Crippen molar-refractivity contribution in [3.63, 3.8) is 0 Å². The lowest BCUT2D eigenvalue weighted by Gasteiger charge is -2.27. The summed E-state index contributed by atoms with van der Waals surface area (Å²) in [7, 11) is 2.20. The fraction of sp³-hybridized carbons (Fsp3) is 0.647. The van der Waals surface area contributed by atoms with Crippen LogP contribution in [0.25, 0.3) is 0 Å². The van der Waals surface area contributed by atoms with Gasteiger partial charge in [-0.05, 0) is 50.3 Å². The second-order valence-electron chi connectivity index (χ2n) is 6.12. The highest BCUT2D eigenvalue weighted by Gasteiger charge is 2.30. The number of aryl methyl sites for hydroxylation is 1. The molecule has 19 heavy (non-hydrogen) atoms. The van der Waals surface area contributed by atoms with Crippen LogP contribution in [0.1, 0.15) is 50.3 Å². The maximum absolute atomic E-state index is 6.34. The molecule has 1 aromatic rings. The van der Waals surface area contributed by atoms with Crippen molar-refractivity contribution >= 4 is 0 Å². The van der Waals surface area contributed by atoms with Crippen molar-refractivity contribution in [2.24, 2.45) is 11.7 Å². The Bertz CT molecular complexity index is 381. The SMILES string of the molecule is CCCc1ccc(C(N)CN(C)C(C)C2CC2)cc1. The molecule has 0 saturated heterocycles. The first-order valence-electron chi connectivity index (χ1n) is 7.66. The maximum Gasteiger partial charge on any atom is 0.0424 e. The smallest absolute Gasteiger partial charge is 0.0424 e. The predicted octanol–water partition coefficient (Wildman–Crippen LogP) is 3.37. The summed E-state index contributed by atoms with van der Waals surface area (Å²) >= 11 is 0. The van der Waals surface area contributed by atoms with Crippen molar-refractivity contribution in [2.45, 2.75) is 51.6 Å². The molecule has 106 valence electrons. The summed E-state index contributed by atoms with van der Waals surface area (Å²) in [6.07, 6.45) is 5.15. The van der Waals surface area contributed by atoms with Gasteiger partial charge in [-0.15, -0.1) is 0 Å².